The third-order valence-electron chi connectivity index (χ3n) is 2.46. The van der Waals surface area contributed by atoms with E-state index in [4.69, 9.17) is 10.8 Å². The predicted molar refractivity (Wildman–Crippen MR) is 70.6 cm³/mol. The summed E-state index contributed by atoms with van der Waals surface area (Å²) in [6, 6.07) is 7.87. The van der Waals surface area contributed by atoms with Crippen molar-refractivity contribution in [2.75, 3.05) is 5.73 Å². The topological polar surface area (TPSA) is 63.3 Å². The molecule has 4 heteroatoms. The van der Waals surface area contributed by atoms with E-state index in [0.717, 1.165) is 21.6 Å². The van der Waals surface area contributed by atoms with Crippen LogP contribution in [0.3, 0.4) is 0 Å². The summed E-state index contributed by atoms with van der Waals surface area (Å²) in [5.74, 6) is -0.969. The Labute approximate surface area is 104 Å². The van der Waals surface area contributed by atoms with E-state index < -0.39 is 5.97 Å². The van der Waals surface area contributed by atoms with E-state index in [1.807, 2.05) is 26.0 Å². The zero-order valence-corrected chi connectivity index (χ0v) is 10.5. The number of nitrogens with two attached hydrogens (primary N) is 1. The molecular formula is C13H13NO2S. The number of benzene rings is 1. The van der Waals surface area contributed by atoms with Crippen molar-refractivity contribution in [3.63, 3.8) is 0 Å². The fourth-order valence-corrected chi connectivity index (χ4v) is 2.74. The van der Waals surface area contributed by atoms with Gasteiger partial charge in [-0.1, -0.05) is 29.3 Å². The highest BCUT2D eigenvalue weighted by Crippen LogP contribution is 2.34. The molecule has 0 saturated heterocycles. The van der Waals surface area contributed by atoms with Crippen LogP contribution in [0.5, 0.6) is 0 Å². The monoisotopic (exact) mass is 247 g/mol. The van der Waals surface area contributed by atoms with Crippen molar-refractivity contribution in [2.24, 2.45) is 0 Å². The number of aryl methyl sites for hydroxylation is 2. The number of anilines is 1. The molecular weight excluding hydrogens is 234 g/mol. The Morgan fingerprint density at radius 3 is 2.24 bits per heavy atom. The molecule has 3 N–H and O–H groups in total. The summed E-state index contributed by atoms with van der Waals surface area (Å²) >= 11 is 1.21. The average Bonchev–Trinajstić information content (AvgIpc) is 2.59. The van der Waals surface area contributed by atoms with Gasteiger partial charge in [-0.15, -0.1) is 11.3 Å². The molecule has 0 saturated carbocycles. The first-order valence-electron chi connectivity index (χ1n) is 5.18. The van der Waals surface area contributed by atoms with Crippen molar-refractivity contribution in [3.8, 4) is 10.4 Å². The maximum absolute atomic E-state index is 10.9. The van der Waals surface area contributed by atoms with E-state index in [2.05, 4.69) is 6.07 Å². The molecule has 0 fully saturated rings. The second-order valence-electron chi connectivity index (χ2n) is 4.08. The molecule has 2 aromatic rings. The van der Waals surface area contributed by atoms with Gasteiger partial charge in [-0.25, -0.2) is 4.79 Å². The first-order valence-corrected chi connectivity index (χ1v) is 6.00. The molecule has 0 aliphatic rings. The standard InChI is InChI=1S/C13H13NO2S/c1-7-3-8(2)5-9(4-7)11-6-10(14)12(17-11)13(15)16/h3-6H,14H2,1-2H3,(H,15,16). The van der Waals surface area contributed by atoms with Gasteiger partial charge in [-0.3, -0.25) is 0 Å². The van der Waals surface area contributed by atoms with Gasteiger partial charge in [0.2, 0.25) is 0 Å². The minimum atomic E-state index is -0.969. The molecule has 0 aliphatic heterocycles. The Morgan fingerprint density at radius 2 is 1.76 bits per heavy atom. The van der Waals surface area contributed by atoms with Crippen LogP contribution in [-0.4, -0.2) is 11.1 Å². The molecule has 0 amide bonds. The molecule has 0 radical (unpaired) electrons. The van der Waals surface area contributed by atoms with Crippen LogP contribution < -0.4 is 5.73 Å². The Bertz CT molecular complexity index is 567. The maximum atomic E-state index is 10.9. The van der Waals surface area contributed by atoms with Gasteiger partial charge in [0.1, 0.15) is 4.88 Å². The number of nitrogen functional groups attached to an aromatic ring is 1. The molecule has 17 heavy (non-hydrogen) atoms. The van der Waals surface area contributed by atoms with Crippen molar-refractivity contribution in [2.45, 2.75) is 13.8 Å². The van der Waals surface area contributed by atoms with Gasteiger partial charge < -0.3 is 10.8 Å². The molecule has 3 nitrogen and oxygen atoms in total. The molecule has 0 aliphatic carbocycles. The number of carbonyl (C=O) groups is 1. The van der Waals surface area contributed by atoms with E-state index in [-0.39, 0.29) is 4.88 Å². The fourth-order valence-electron chi connectivity index (χ4n) is 1.83. The Balaban J connectivity index is 2.53. The highest BCUT2D eigenvalue weighted by molar-refractivity contribution is 7.17. The zero-order valence-electron chi connectivity index (χ0n) is 9.65. The summed E-state index contributed by atoms with van der Waals surface area (Å²) in [5, 5.41) is 8.97. The second-order valence-corrected chi connectivity index (χ2v) is 5.13. The molecule has 1 aromatic heterocycles. The van der Waals surface area contributed by atoms with Crippen LogP contribution in [0, 0.1) is 13.8 Å². The van der Waals surface area contributed by atoms with Gasteiger partial charge in [-0.05, 0) is 25.5 Å². The van der Waals surface area contributed by atoms with Crippen LogP contribution in [-0.2, 0) is 0 Å². The van der Waals surface area contributed by atoms with Gasteiger partial charge in [0, 0.05) is 4.88 Å². The summed E-state index contributed by atoms with van der Waals surface area (Å²) in [6.07, 6.45) is 0. The zero-order chi connectivity index (χ0) is 12.6. The quantitative estimate of drug-likeness (QED) is 0.855. The lowest BCUT2D eigenvalue weighted by Crippen LogP contribution is -1.96. The smallest absolute Gasteiger partial charge is 0.348 e. The van der Waals surface area contributed by atoms with Crippen molar-refractivity contribution >= 4 is 23.0 Å². The molecule has 2 rings (SSSR count). The summed E-state index contributed by atoms with van der Waals surface area (Å²) < 4.78 is 0. The van der Waals surface area contributed by atoms with Crippen LogP contribution in [0.15, 0.2) is 24.3 Å². The van der Waals surface area contributed by atoms with Crippen LogP contribution in [0.2, 0.25) is 0 Å². The number of carboxylic acids is 1. The summed E-state index contributed by atoms with van der Waals surface area (Å²) in [7, 11) is 0. The number of rotatable bonds is 2. The van der Waals surface area contributed by atoms with Crippen molar-refractivity contribution in [1.82, 2.24) is 0 Å². The number of thiophene rings is 1. The molecule has 88 valence electrons. The predicted octanol–water partition coefficient (Wildman–Crippen LogP) is 3.31. The number of carboxylic acid groups (broad SMARTS) is 1. The van der Waals surface area contributed by atoms with Crippen molar-refractivity contribution in [1.29, 1.82) is 0 Å². The normalized spacial score (nSPS) is 10.5. The van der Waals surface area contributed by atoms with Gasteiger partial charge in [0.15, 0.2) is 0 Å². The minimum absolute atomic E-state index is 0.208. The molecule has 0 spiro atoms. The number of aromatic carboxylic acids is 1. The average molecular weight is 247 g/mol. The Hall–Kier alpha value is -1.81. The Morgan fingerprint density at radius 1 is 1.18 bits per heavy atom. The number of hydrogen-bond acceptors (Lipinski definition) is 3. The van der Waals surface area contributed by atoms with E-state index in [0.29, 0.717) is 5.69 Å². The highest BCUT2D eigenvalue weighted by Gasteiger charge is 2.14. The third-order valence-corrected chi connectivity index (χ3v) is 3.65. The lowest BCUT2D eigenvalue weighted by molar-refractivity contribution is 0.0703. The third kappa shape index (κ3) is 2.31. The fraction of sp³-hybridized carbons (Fsp3) is 0.154. The molecule has 1 aromatic carbocycles. The van der Waals surface area contributed by atoms with Crippen molar-refractivity contribution < 1.29 is 9.90 Å². The molecule has 0 unspecified atom stereocenters. The van der Waals surface area contributed by atoms with Crippen LogP contribution >= 0.6 is 11.3 Å². The first kappa shape index (κ1) is 11.7. The highest BCUT2D eigenvalue weighted by atomic mass is 32.1. The van der Waals surface area contributed by atoms with Crippen LogP contribution in [0.1, 0.15) is 20.8 Å². The summed E-state index contributed by atoms with van der Waals surface area (Å²) in [5.41, 5.74) is 9.35. The summed E-state index contributed by atoms with van der Waals surface area (Å²) in [6.45, 7) is 4.04. The van der Waals surface area contributed by atoms with Crippen LogP contribution in [0.4, 0.5) is 5.69 Å². The van der Waals surface area contributed by atoms with E-state index in [1.54, 1.807) is 6.07 Å². The molecule has 0 atom stereocenters. The Kier molecular flexibility index (Phi) is 2.90. The van der Waals surface area contributed by atoms with Gasteiger partial charge in [0.05, 0.1) is 5.69 Å². The van der Waals surface area contributed by atoms with Crippen LogP contribution in [0.25, 0.3) is 10.4 Å². The lowest BCUT2D eigenvalue weighted by Gasteiger charge is -2.01. The SMILES string of the molecule is Cc1cc(C)cc(-c2cc(N)c(C(=O)O)s2)c1. The molecule has 1 heterocycles. The molecule has 0 bridgehead atoms. The van der Waals surface area contributed by atoms with Crippen molar-refractivity contribution in [3.05, 3.63) is 40.3 Å². The van der Waals surface area contributed by atoms with Gasteiger partial charge in [-0.2, -0.15) is 0 Å². The number of hydrogen-bond donors (Lipinski definition) is 2. The van der Waals surface area contributed by atoms with E-state index >= 15 is 0 Å². The van der Waals surface area contributed by atoms with E-state index in [1.165, 1.54) is 11.3 Å². The van der Waals surface area contributed by atoms with E-state index in [9.17, 15) is 4.79 Å². The summed E-state index contributed by atoms with van der Waals surface area (Å²) in [4.78, 5) is 12.0. The minimum Gasteiger partial charge on any atom is -0.477 e. The second kappa shape index (κ2) is 4.22. The van der Waals surface area contributed by atoms with Gasteiger partial charge >= 0.3 is 5.97 Å². The lowest BCUT2D eigenvalue weighted by atomic mass is 10.1. The largest absolute Gasteiger partial charge is 0.477 e. The maximum Gasteiger partial charge on any atom is 0.348 e. The van der Waals surface area contributed by atoms with Gasteiger partial charge in [0.25, 0.3) is 0 Å². The first-order chi connectivity index (χ1) is 7.97.